The van der Waals surface area contributed by atoms with E-state index in [1.54, 1.807) is 12.1 Å². The van der Waals surface area contributed by atoms with Crippen molar-refractivity contribution >= 4 is 0 Å². The Morgan fingerprint density at radius 3 is 1.83 bits per heavy atom. The van der Waals surface area contributed by atoms with Crippen LogP contribution >= 0.6 is 0 Å². The standard InChI is InChI=1S/C15H16O3/c1-8-7-13(18)9(2)10(3)14(8)15-11(16)5-4-6-12(15)17/h4-7,16-18H,1-3H3. The molecule has 0 bridgehead atoms. The molecule has 0 aliphatic heterocycles. The maximum absolute atomic E-state index is 9.93. The van der Waals surface area contributed by atoms with Crippen LogP contribution in [-0.2, 0) is 0 Å². The van der Waals surface area contributed by atoms with Gasteiger partial charge in [0.25, 0.3) is 0 Å². The van der Waals surface area contributed by atoms with Crippen LogP contribution < -0.4 is 0 Å². The van der Waals surface area contributed by atoms with Gasteiger partial charge in [0, 0.05) is 0 Å². The van der Waals surface area contributed by atoms with Crippen LogP contribution in [-0.4, -0.2) is 15.3 Å². The van der Waals surface area contributed by atoms with Crippen molar-refractivity contribution in [3.63, 3.8) is 0 Å². The van der Waals surface area contributed by atoms with Crippen molar-refractivity contribution in [1.29, 1.82) is 0 Å². The molecule has 2 aromatic rings. The Bertz CT molecular complexity index is 595. The van der Waals surface area contributed by atoms with Crippen molar-refractivity contribution in [2.45, 2.75) is 20.8 Å². The average Bonchev–Trinajstić information content (AvgIpc) is 2.30. The first-order valence-electron chi connectivity index (χ1n) is 5.74. The summed E-state index contributed by atoms with van der Waals surface area (Å²) in [5, 5.41) is 29.6. The summed E-state index contributed by atoms with van der Waals surface area (Å²) in [5.74, 6) is 0.293. The summed E-state index contributed by atoms with van der Waals surface area (Å²) in [7, 11) is 0. The third kappa shape index (κ3) is 1.78. The van der Waals surface area contributed by atoms with Crippen LogP contribution in [0.1, 0.15) is 16.7 Å². The number of phenols is 3. The molecule has 3 nitrogen and oxygen atoms in total. The van der Waals surface area contributed by atoms with Crippen molar-refractivity contribution in [2.24, 2.45) is 0 Å². The van der Waals surface area contributed by atoms with Crippen molar-refractivity contribution in [3.8, 4) is 28.4 Å². The Hall–Kier alpha value is -2.16. The highest BCUT2D eigenvalue weighted by Gasteiger charge is 2.17. The van der Waals surface area contributed by atoms with Gasteiger partial charge in [0.05, 0.1) is 5.56 Å². The maximum atomic E-state index is 9.93. The lowest BCUT2D eigenvalue weighted by molar-refractivity contribution is 0.453. The van der Waals surface area contributed by atoms with E-state index < -0.39 is 0 Å². The van der Waals surface area contributed by atoms with Gasteiger partial charge in [0.2, 0.25) is 0 Å². The van der Waals surface area contributed by atoms with Gasteiger partial charge in [-0.1, -0.05) is 6.07 Å². The number of rotatable bonds is 1. The first kappa shape index (κ1) is 12.3. The minimum absolute atomic E-state index is 0.0336. The Kier molecular flexibility index (Phi) is 2.91. The molecule has 3 heteroatoms. The maximum Gasteiger partial charge on any atom is 0.127 e. The fraction of sp³-hybridized carbons (Fsp3) is 0.200. The lowest BCUT2D eigenvalue weighted by atomic mass is 9.91. The Morgan fingerprint density at radius 1 is 0.722 bits per heavy atom. The van der Waals surface area contributed by atoms with E-state index in [4.69, 9.17) is 0 Å². The molecule has 3 N–H and O–H groups in total. The lowest BCUT2D eigenvalue weighted by Gasteiger charge is -2.16. The highest BCUT2D eigenvalue weighted by Crippen LogP contribution is 2.42. The zero-order valence-electron chi connectivity index (χ0n) is 10.7. The molecule has 0 spiro atoms. The fourth-order valence-corrected chi connectivity index (χ4v) is 2.23. The number of phenolic OH excluding ortho intramolecular Hbond substituents is 3. The molecule has 0 radical (unpaired) electrons. The van der Waals surface area contributed by atoms with E-state index >= 15 is 0 Å². The molecule has 0 aliphatic carbocycles. The van der Waals surface area contributed by atoms with E-state index in [1.807, 2.05) is 20.8 Å². The molecule has 0 atom stereocenters. The van der Waals surface area contributed by atoms with Crippen molar-refractivity contribution in [2.75, 3.05) is 0 Å². The molecule has 0 heterocycles. The molecular formula is C15H16O3. The van der Waals surface area contributed by atoms with E-state index in [1.165, 1.54) is 12.1 Å². The van der Waals surface area contributed by atoms with Crippen molar-refractivity contribution < 1.29 is 15.3 Å². The van der Waals surface area contributed by atoms with Crippen LogP contribution in [0.4, 0.5) is 0 Å². The van der Waals surface area contributed by atoms with Crippen LogP contribution in [0.25, 0.3) is 11.1 Å². The molecule has 0 unspecified atom stereocenters. The van der Waals surface area contributed by atoms with Crippen LogP contribution in [0.5, 0.6) is 17.2 Å². The molecule has 18 heavy (non-hydrogen) atoms. The fourth-order valence-electron chi connectivity index (χ4n) is 2.23. The highest BCUT2D eigenvalue weighted by molar-refractivity contribution is 5.82. The minimum Gasteiger partial charge on any atom is -0.508 e. The van der Waals surface area contributed by atoms with Gasteiger partial charge < -0.3 is 15.3 Å². The van der Waals surface area contributed by atoms with Gasteiger partial charge in [-0.25, -0.2) is 0 Å². The monoisotopic (exact) mass is 244 g/mol. The summed E-state index contributed by atoms with van der Waals surface area (Å²) < 4.78 is 0. The van der Waals surface area contributed by atoms with Crippen LogP contribution in [0.3, 0.4) is 0 Å². The summed E-state index contributed by atoms with van der Waals surface area (Å²) in [6.07, 6.45) is 0. The van der Waals surface area contributed by atoms with E-state index in [9.17, 15) is 15.3 Å². The molecule has 94 valence electrons. The molecule has 0 fully saturated rings. The molecule has 0 aromatic heterocycles. The summed E-state index contributed by atoms with van der Waals surface area (Å²) in [6.45, 7) is 5.52. The SMILES string of the molecule is Cc1cc(O)c(C)c(C)c1-c1c(O)cccc1O. The number of aryl methyl sites for hydroxylation is 1. The van der Waals surface area contributed by atoms with Gasteiger partial charge in [0.15, 0.2) is 0 Å². The molecular weight excluding hydrogens is 228 g/mol. The summed E-state index contributed by atoms with van der Waals surface area (Å²) in [6, 6.07) is 6.31. The lowest BCUT2D eigenvalue weighted by Crippen LogP contribution is -1.93. The molecule has 0 saturated carbocycles. The summed E-state index contributed by atoms with van der Waals surface area (Å²) in [5.41, 5.74) is 3.59. The smallest absolute Gasteiger partial charge is 0.127 e. The third-order valence-corrected chi connectivity index (χ3v) is 3.34. The largest absolute Gasteiger partial charge is 0.508 e. The zero-order valence-corrected chi connectivity index (χ0v) is 10.7. The van der Waals surface area contributed by atoms with Gasteiger partial charge in [-0.05, 0) is 61.2 Å². The highest BCUT2D eigenvalue weighted by atomic mass is 16.3. The quantitative estimate of drug-likeness (QED) is 0.720. The number of aromatic hydroxyl groups is 3. The molecule has 0 amide bonds. The van der Waals surface area contributed by atoms with Crippen LogP contribution in [0.15, 0.2) is 24.3 Å². The Morgan fingerprint density at radius 2 is 1.28 bits per heavy atom. The topological polar surface area (TPSA) is 60.7 Å². The normalized spacial score (nSPS) is 10.6. The number of hydrogen-bond acceptors (Lipinski definition) is 3. The number of hydrogen-bond donors (Lipinski definition) is 3. The first-order chi connectivity index (χ1) is 8.43. The predicted octanol–water partition coefficient (Wildman–Crippen LogP) is 3.40. The Balaban J connectivity index is 2.84. The molecule has 0 saturated heterocycles. The minimum atomic E-state index is 0.0336. The zero-order chi connectivity index (χ0) is 13.4. The average molecular weight is 244 g/mol. The predicted molar refractivity (Wildman–Crippen MR) is 71.1 cm³/mol. The van der Waals surface area contributed by atoms with Gasteiger partial charge in [-0.2, -0.15) is 0 Å². The molecule has 2 rings (SSSR count). The van der Waals surface area contributed by atoms with E-state index in [0.717, 1.165) is 22.3 Å². The third-order valence-electron chi connectivity index (χ3n) is 3.34. The molecule has 2 aromatic carbocycles. The Labute approximate surface area is 106 Å². The first-order valence-corrected chi connectivity index (χ1v) is 5.74. The summed E-state index contributed by atoms with van der Waals surface area (Å²) >= 11 is 0. The van der Waals surface area contributed by atoms with Gasteiger partial charge >= 0.3 is 0 Å². The van der Waals surface area contributed by atoms with E-state index in [0.29, 0.717) is 5.56 Å². The molecule has 0 aliphatic rings. The van der Waals surface area contributed by atoms with Gasteiger partial charge in [0.1, 0.15) is 17.2 Å². The van der Waals surface area contributed by atoms with Gasteiger partial charge in [-0.3, -0.25) is 0 Å². The van der Waals surface area contributed by atoms with E-state index in [-0.39, 0.29) is 17.2 Å². The second kappa shape index (κ2) is 4.26. The van der Waals surface area contributed by atoms with Crippen molar-refractivity contribution in [3.05, 3.63) is 41.0 Å². The van der Waals surface area contributed by atoms with Crippen LogP contribution in [0, 0.1) is 20.8 Å². The number of benzene rings is 2. The second-order valence-corrected chi connectivity index (χ2v) is 4.51. The second-order valence-electron chi connectivity index (χ2n) is 4.51. The van der Waals surface area contributed by atoms with Crippen LogP contribution in [0.2, 0.25) is 0 Å². The van der Waals surface area contributed by atoms with Crippen molar-refractivity contribution in [1.82, 2.24) is 0 Å². The van der Waals surface area contributed by atoms with E-state index in [2.05, 4.69) is 0 Å². The summed E-state index contributed by atoms with van der Waals surface area (Å²) in [4.78, 5) is 0. The van der Waals surface area contributed by atoms with Gasteiger partial charge in [-0.15, -0.1) is 0 Å².